The topological polar surface area (TPSA) is 98.2 Å². The van der Waals surface area contributed by atoms with E-state index in [0.717, 1.165) is 12.0 Å². The van der Waals surface area contributed by atoms with E-state index in [4.69, 9.17) is 11.5 Å². The predicted octanol–water partition coefficient (Wildman–Crippen LogP) is -0.144. The third-order valence-corrected chi connectivity index (χ3v) is 2.55. The standard InChI is InChI=1S/C13H19N3O2/c1-9-3-2-4-10(7-9)5-6-16-13(18)11(14)8-12(15)17/h2-4,7,11H,5-6,8,14H2,1H3,(H2,15,17)(H,16,18). The summed E-state index contributed by atoms with van der Waals surface area (Å²) in [6, 6.07) is 7.20. The highest BCUT2D eigenvalue weighted by molar-refractivity contribution is 5.87. The van der Waals surface area contributed by atoms with Crippen molar-refractivity contribution in [2.24, 2.45) is 11.5 Å². The average Bonchev–Trinajstić information content (AvgIpc) is 2.28. The minimum Gasteiger partial charge on any atom is -0.370 e. The van der Waals surface area contributed by atoms with E-state index in [1.54, 1.807) is 0 Å². The number of nitrogens with two attached hydrogens (primary N) is 2. The number of primary amides is 1. The van der Waals surface area contributed by atoms with E-state index < -0.39 is 11.9 Å². The van der Waals surface area contributed by atoms with E-state index in [1.165, 1.54) is 5.56 Å². The van der Waals surface area contributed by atoms with Crippen molar-refractivity contribution < 1.29 is 9.59 Å². The van der Waals surface area contributed by atoms with Gasteiger partial charge in [-0.25, -0.2) is 0 Å². The third kappa shape index (κ3) is 4.97. The van der Waals surface area contributed by atoms with Crippen molar-refractivity contribution in [3.63, 3.8) is 0 Å². The fraction of sp³-hybridized carbons (Fsp3) is 0.385. The van der Waals surface area contributed by atoms with Crippen LogP contribution in [0.15, 0.2) is 24.3 Å². The molecule has 0 spiro atoms. The molecule has 1 unspecified atom stereocenters. The highest BCUT2D eigenvalue weighted by atomic mass is 16.2. The summed E-state index contributed by atoms with van der Waals surface area (Å²) in [5.74, 6) is -0.919. The van der Waals surface area contributed by atoms with Gasteiger partial charge in [-0.1, -0.05) is 29.8 Å². The molecule has 0 radical (unpaired) electrons. The quantitative estimate of drug-likeness (QED) is 0.654. The maximum absolute atomic E-state index is 11.5. The van der Waals surface area contributed by atoms with Crippen molar-refractivity contribution in [1.29, 1.82) is 0 Å². The lowest BCUT2D eigenvalue weighted by Gasteiger charge is -2.10. The first kappa shape index (κ1) is 14.2. The van der Waals surface area contributed by atoms with Crippen molar-refractivity contribution in [2.75, 3.05) is 6.54 Å². The van der Waals surface area contributed by atoms with Gasteiger partial charge in [0.05, 0.1) is 12.5 Å². The number of carbonyl (C=O) groups is 2. The molecule has 0 fully saturated rings. The minimum atomic E-state index is -0.861. The number of carbonyl (C=O) groups excluding carboxylic acids is 2. The zero-order valence-electron chi connectivity index (χ0n) is 10.5. The Morgan fingerprint density at radius 3 is 2.72 bits per heavy atom. The van der Waals surface area contributed by atoms with Crippen LogP contribution >= 0.6 is 0 Å². The summed E-state index contributed by atoms with van der Waals surface area (Å²) < 4.78 is 0. The zero-order chi connectivity index (χ0) is 13.5. The first-order valence-corrected chi connectivity index (χ1v) is 5.86. The first-order valence-electron chi connectivity index (χ1n) is 5.86. The maximum Gasteiger partial charge on any atom is 0.237 e. The Morgan fingerprint density at radius 2 is 2.11 bits per heavy atom. The Balaban J connectivity index is 2.33. The molecule has 1 aromatic carbocycles. The predicted molar refractivity (Wildman–Crippen MR) is 69.7 cm³/mol. The van der Waals surface area contributed by atoms with Gasteiger partial charge >= 0.3 is 0 Å². The van der Waals surface area contributed by atoms with Crippen LogP contribution in [0.3, 0.4) is 0 Å². The SMILES string of the molecule is Cc1cccc(CCNC(=O)C(N)CC(N)=O)c1. The molecule has 1 aromatic rings. The molecular weight excluding hydrogens is 230 g/mol. The van der Waals surface area contributed by atoms with Gasteiger partial charge in [-0.15, -0.1) is 0 Å². The van der Waals surface area contributed by atoms with Gasteiger partial charge in [-0.2, -0.15) is 0 Å². The number of aryl methyl sites for hydroxylation is 1. The van der Waals surface area contributed by atoms with Crippen LogP contribution in [0.1, 0.15) is 17.5 Å². The van der Waals surface area contributed by atoms with E-state index in [2.05, 4.69) is 11.4 Å². The van der Waals surface area contributed by atoms with Crippen LogP contribution < -0.4 is 16.8 Å². The molecule has 2 amide bonds. The number of hydrogen-bond acceptors (Lipinski definition) is 3. The monoisotopic (exact) mass is 249 g/mol. The molecule has 0 saturated heterocycles. The molecule has 5 heteroatoms. The Kier molecular flexibility index (Phi) is 5.32. The molecule has 0 bridgehead atoms. The van der Waals surface area contributed by atoms with Gasteiger partial charge in [-0.3, -0.25) is 9.59 Å². The molecule has 1 rings (SSSR count). The highest BCUT2D eigenvalue weighted by Crippen LogP contribution is 2.03. The fourth-order valence-electron chi connectivity index (χ4n) is 1.64. The molecule has 18 heavy (non-hydrogen) atoms. The van der Waals surface area contributed by atoms with Gasteiger partial charge in [0.1, 0.15) is 0 Å². The van der Waals surface area contributed by atoms with Gasteiger partial charge in [0.2, 0.25) is 11.8 Å². The highest BCUT2D eigenvalue weighted by Gasteiger charge is 2.14. The molecule has 5 nitrogen and oxygen atoms in total. The van der Waals surface area contributed by atoms with Crippen molar-refractivity contribution >= 4 is 11.8 Å². The Hall–Kier alpha value is -1.88. The number of nitrogens with one attached hydrogen (secondary N) is 1. The smallest absolute Gasteiger partial charge is 0.237 e. The zero-order valence-corrected chi connectivity index (χ0v) is 10.5. The normalized spacial score (nSPS) is 11.9. The summed E-state index contributed by atoms with van der Waals surface area (Å²) in [7, 11) is 0. The second kappa shape index (κ2) is 6.76. The van der Waals surface area contributed by atoms with Crippen molar-refractivity contribution in [3.8, 4) is 0 Å². The average molecular weight is 249 g/mol. The minimum absolute atomic E-state index is 0.129. The van der Waals surface area contributed by atoms with Gasteiger partial charge in [0.25, 0.3) is 0 Å². The first-order chi connectivity index (χ1) is 8.49. The molecule has 1 atom stereocenters. The second-order valence-corrected chi connectivity index (χ2v) is 4.31. The largest absolute Gasteiger partial charge is 0.370 e. The van der Waals surface area contributed by atoms with Gasteiger partial charge in [0, 0.05) is 6.54 Å². The molecule has 0 heterocycles. The molecule has 5 N–H and O–H groups in total. The van der Waals surface area contributed by atoms with Crippen LogP contribution in [-0.4, -0.2) is 24.4 Å². The van der Waals surface area contributed by atoms with Crippen molar-refractivity contribution in [2.45, 2.75) is 25.8 Å². The van der Waals surface area contributed by atoms with Crippen LogP contribution in [0.25, 0.3) is 0 Å². The Bertz CT molecular complexity index is 432. The summed E-state index contributed by atoms with van der Waals surface area (Å²) in [6.45, 7) is 2.51. The fourth-order valence-corrected chi connectivity index (χ4v) is 1.64. The van der Waals surface area contributed by atoms with Crippen LogP contribution in [0.2, 0.25) is 0 Å². The lowest BCUT2D eigenvalue weighted by atomic mass is 10.1. The van der Waals surface area contributed by atoms with Gasteiger partial charge in [-0.05, 0) is 18.9 Å². The van der Waals surface area contributed by atoms with Crippen LogP contribution in [0.5, 0.6) is 0 Å². The van der Waals surface area contributed by atoms with E-state index in [9.17, 15) is 9.59 Å². The van der Waals surface area contributed by atoms with Crippen LogP contribution in [0, 0.1) is 6.92 Å². The summed E-state index contributed by atoms with van der Waals surface area (Å²) in [5.41, 5.74) is 12.8. The lowest BCUT2D eigenvalue weighted by Crippen LogP contribution is -2.43. The van der Waals surface area contributed by atoms with Crippen molar-refractivity contribution in [1.82, 2.24) is 5.32 Å². The summed E-state index contributed by atoms with van der Waals surface area (Å²) >= 11 is 0. The molecule has 98 valence electrons. The molecule has 0 saturated carbocycles. The Morgan fingerprint density at radius 1 is 1.39 bits per heavy atom. The number of benzene rings is 1. The van der Waals surface area contributed by atoms with E-state index >= 15 is 0 Å². The van der Waals surface area contributed by atoms with Gasteiger partial charge < -0.3 is 16.8 Å². The van der Waals surface area contributed by atoms with Gasteiger partial charge in [0.15, 0.2) is 0 Å². The van der Waals surface area contributed by atoms with E-state index in [-0.39, 0.29) is 12.3 Å². The molecular formula is C13H19N3O2. The second-order valence-electron chi connectivity index (χ2n) is 4.31. The summed E-state index contributed by atoms with van der Waals surface area (Å²) in [6.07, 6.45) is 0.604. The third-order valence-electron chi connectivity index (χ3n) is 2.55. The molecule has 0 aliphatic carbocycles. The number of amides is 2. The molecule has 0 aliphatic heterocycles. The van der Waals surface area contributed by atoms with E-state index in [1.807, 2.05) is 25.1 Å². The van der Waals surface area contributed by atoms with Crippen LogP contribution in [0.4, 0.5) is 0 Å². The lowest BCUT2D eigenvalue weighted by molar-refractivity contribution is -0.126. The Labute approximate surface area is 107 Å². The number of hydrogen-bond donors (Lipinski definition) is 3. The van der Waals surface area contributed by atoms with Crippen LogP contribution in [-0.2, 0) is 16.0 Å². The van der Waals surface area contributed by atoms with E-state index in [0.29, 0.717) is 6.54 Å². The summed E-state index contributed by atoms with van der Waals surface area (Å²) in [4.78, 5) is 22.1. The van der Waals surface area contributed by atoms with Crippen molar-refractivity contribution in [3.05, 3.63) is 35.4 Å². The number of rotatable bonds is 6. The molecule has 0 aromatic heterocycles. The summed E-state index contributed by atoms with van der Waals surface area (Å²) in [5, 5.41) is 2.68. The molecule has 0 aliphatic rings. The maximum atomic E-state index is 11.5.